The Labute approximate surface area is 147 Å². The molecule has 0 saturated carbocycles. The van der Waals surface area contributed by atoms with Gasteiger partial charge < -0.3 is 5.11 Å². The van der Waals surface area contributed by atoms with Crippen molar-refractivity contribution < 1.29 is 5.11 Å². The van der Waals surface area contributed by atoms with Crippen LogP contribution in [0.3, 0.4) is 0 Å². The van der Waals surface area contributed by atoms with E-state index in [-0.39, 0.29) is 0 Å². The van der Waals surface area contributed by atoms with E-state index >= 15 is 0 Å². The van der Waals surface area contributed by atoms with Crippen molar-refractivity contribution in [3.8, 4) is 16.9 Å². The third-order valence-corrected chi connectivity index (χ3v) is 4.99. The number of phenols is 1. The molecule has 0 fully saturated rings. The average Bonchev–Trinajstić information content (AvgIpc) is 2.62. The fraction of sp³-hybridized carbons (Fsp3) is 0.478. The molecule has 0 saturated heterocycles. The molecule has 1 heteroatoms. The number of para-hydroxylation sites is 1. The quantitative estimate of drug-likeness (QED) is 0.454. The van der Waals surface area contributed by atoms with Gasteiger partial charge in [-0.25, -0.2) is 0 Å². The van der Waals surface area contributed by atoms with Crippen LogP contribution >= 0.6 is 0 Å². The minimum atomic E-state index is 0.374. The molecule has 0 aliphatic rings. The summed E-state index contributed by atoms with van der Waals surface area (Å²) < 4.78 is 0. The van der Waals surface area contributed by atoms with E-state index in [0.29, 0.717) is 11.7 Å². The molecule has 0 heterocycles. The smallest absolute Gasteiger partial charge is 0.123 e. The van der Waals surface area contributed by atoms with Crippen LogP contribution in [0, 0.1) is 0 Å². The largest absolute Gasteiger partial charge is 0.507 e. The summed E-state index contributed by atoms with van der Waals surface area (Å²) in [6.45, 7) is 4.55. The monoisotopic (exact) mass is 324 g/mol. The third kappa shape index (κ3) is 5.12. The number of rotatable bonds is 10. The number of unbranched alkanes of at least 4 members (excludes halogenated alkanes) is 5. The van der Waals surface area contributed by atoms with Gasteiger partial charge in [-0.15, -0.1) is 0 Å². The maximum Gasteiger partial charge on any atom is 0.123 e. The number of hydrogen-bond acceptors (Lipinski definition) is 1. The van der Waals surface area contributed by atoms with Crippen LogP contribution in [0.4, 0.5) is 0 Å². The number of aromatic hydroxyl groups is 1. The summed E-state index contributed by atoms with van der Waals surface area (Å²) in [6, 6.07) is 16.3. The molecular formula is C23H32O. The molecule has 2 aromatic rings. The van der Waals surface area contributed by atoms with Crippen LogP contribution in [0.5, 0.6) is 5.75 Å². The van der Waals surface area contributed by atoms with Gasteiger partial charge in [0.2, 0.25) is 0 Å². The first-order valence-electron chi connectivity index (χ1n) is 9.65. The molecule has 0 radical (unpaired) electrons. The summed E-state index contributed by atoms with van der Waals surface area (Å²) in [5.74, 6) is 0.950. The van der Waals surface area contributed by atoms with Gasteiger partial charge in [-0.1, -0.05) is 94.8 Å². The van der Waals surface area contributed by atoms with Crippen LogP contribution in [0.2, 0.25) is 0 Å². The first-order chi connectivity index (χ1) is 11.8. The van der Waals surface area contributed by atoms with E-state index in [2.05, 4.69) is 38.1 Å². The van der Waals surface area contributed by atoms with Crippen LogP contribution in [0.25, 0.3) is 11.1 Å². The number of hydrogen-bond donors (Lipinski definition) is 1. The van der Waals surface area contributed by atoms with Gasteiger partial charge in [-0.3, -0.25) is 0 Å². The van der Waals surface area contributed by atoms with Crippen molar-refractivity contribution in [3.05, 3.63) is 54.1 Å². The highest BCUT2D eigenvalue weighted by atomic mass is 16.3. The van der Waals surface area contributed by atoms with Gasteiger partial charge in [-0.05, 0) is 36.0 Å². The van der Waals surface area contributed by atoms with Crippen molar-refractivity contribution >= 4 is 0 Å². The summed E-state index contributed by atoms with van der Waals surface area (Å²) in [6.07, 6.45) is 10.5. The Hall–Kier alpha value is -1.76. The summed E-state index contributed by atoms with van der Waals surface area (Å²) in [4.78, 5) is 0. The summed E-state index contributed by atoms with van der Waals surface area (Å²) >= 11 is 0. The molecule has 1 nitrogen and oxygen atoms in total. The molecule has 2 aromatic carbocycles. The molecule has 0 bridgehead atoms. The van der Waals surface area contributed by atoms with Gasteiger partial charge in [0, 0.05) is 5.56 Å². The second kappa shape index (κ2) is 10.2. The Kier molecular flexibility index (Phi) is 7.88. The van der Waals surface area contributed by atoms with Crippen LogP contribution in [-0.2, 0) is 0 Å². The van der Waals surface area contributed by atoms with Crippen molar-refractivity contribution in [1.82, 2.24) is 0 Å². The minimum absolute atomic E-state index is 0.374. The molecule has 2 rings (SSSR count). The van der Waals surface area contributed by atoms with E-state index in [9.17, 15) is 5.11 Å². The predicted octanol–water partition coefficient (Wildman–Crippen LogP) is 7.30. The predicted molar refractivity (Wildman–Crippen MR) is 105 cm³/mol. The maximum atomic E-state index is 10.2. The van der Waals surface area contributed by atoms with E-state index in [4.69, 9.17) is 0 Å². The van der Waals surface area contributed by atoms with Gasteiger partial charge in [0.05, 0.1) is 0 Å². The lowest BCUT2D eigenvalue weighted by Gasteiger charge is -2.20. The van der Waals surface area contributed by atoms with Crippen molar-refractivity contribution in [1.29, 1.82) is 0 Å². The zero-order valence-corrected chi connectivity index (χ0v) is 15.3. The van der Waals surface area contributed by atoms with Crippen molar-refractivity contribution in [3.63, 3.8) is 0 Å². The number of phenolic OH excluding ortho intramolecular Hbond substituents is 1. The molecule has 1 N–H and O–H groups in total. The lowest BCUT2D eigenvalue weighted by molar-refractivity contribution is 0.477. The first-order valence-corrected chi connectivity index (χ1v) is 9.65. The lowest BCUT2D eigenvalue weighted by Crippen LogP contribution is -2.00. The Morgan fingerprint density at radius 1 is 0.750 bits per heavy atom. The van der Waals surface area contributed by atoms with Crippen LogP contribution in [-0.4, -0.2) is 5.11 Å². The molecule has 0 spiro atoms. The molecule has 0 amide bonds. The van der Waals surface area contributed by atoms with Gasteiger partial charge in [0.25, 0.3) is 0 Å². The van der Waals surface area contributed by atoms with Gasteiger partial charge in [-0.2, -0.15) is 0 Å². The molecule has 1 unspecified atom stereocenters. The standard InChI is InChI=1S/C23H32O/c1-3-5-6-7-8-9-14-19(4-2)20-15-10-11-16-21(20)22-17-12-13-18-23(22)24/h10-13,15-19,24H,3-9,14H2,1-2H3. The molecule has 1 atom stereocenters. The normalized spacial score (nSPS) is 12.2. The second-order valence-corrected chi connectivity index (χ2v) is 6.77. The minimum Gasteiger partial charge on any atom is -0.507 e. The van der Waals surface area contributed by atoms with Crippen molar-refractivity contribution in [2.75, 3.05) is 0 Å². The van der Waals surface area contributed by atoms with E-state index in [1.54, 1.807) is 6.07 Å². The average molecular weight is 325 g/mol. The molecular weight excluding hydrogens is 292 g/mol. The van der Waals surface area contributed by atoms with Crippen molar-refractivity contribution in [2.24, 2.45) is 0 Å². The van der Waals surface area contributed by atoms with Gasteiger partial charge >= 0.3 is 0 Å². The lowest BCUT2D eigenvalue weighted by atomic mass is 9.85. The van der Waals surface area contributed by atoms with Crippen molar-refractivity contribution in [2.45, 2.75) is 71.1 Å². The highest BCUT2D eigenvalue weighted by Crippen LogP contribution is 2.37. The zero-order valence-electron chi connectivity index (χ0n) is 15.3. The first kappa shape index (κ1) is 18.6. The molecule has 0 aliphatic carbocycles. The van der Waals surface area contributed by atoms with Gasteiger partial charge in [0.15, 0.2) is 0 Å². The SMILES string of the molecule is CCCCCCCCC(CC)c1ccccc1-c1ccccc1O. The summed E-state index contributed by atoms with van der Waals surface area (Å²) in [7, 11) is 0. The van der Waals surface area contributed by atoms with E-state index < -0.39 is 0 Å². The highest BCUT2D eigenvalue weighted by molar-refractivity contribution is 5.73. The Morgan fingerprint density at radius 3 is 2.08 bits per heavy atom. The maximum absolute atomic E-state index is 10.2. The fourth-order valence-electron chi connectivity index (χ4n) is 3.55. The van der Waals surface area contributed by atoms with E-state index in [1.807, 2.05) is 18.2 Å². The topological polar surface area (TPSA) is 20.2 Å². The Balaban J connectivity index is 2.08. The molecule has 130 valence electrons. The summed E-state index contributed by atoms with van der Waals surface area (Å²) in [5, 5.41) is 10.2. The highest BCUT2D eigenvalue weighted by Gasteiger charge is 2.15. The van der Waals surface area contributed by atoms with E-state index in [0.717, 1.165) is 12.0 Å². The second-order valence-electron chi connectivity index (χ2n) is 6.77. The fourth-order valence-corrected chi connectivity index (χ4v) is 3.55. The summed E-state index contributed by atoms with van der Waals surface area (Å²) in [5.41, 5.74) is 3.53. The van der Waals surface area contributed by atoms with Crippen LogP contribution in [0.1, 0.15) is 76.7 Å². The van der Waals surface area contributed by atoms with Crippen LogP contribution < -0.4 is 0 Å². The third-order valence-electron chi connectivity index (χ3n) is 4.99. The zero-order chi connectivity index (χ0) is 17.2. The Morgan fingerprint density at radius 2 is 1.38 bits per heavy atom. The number of benzene rings is 2. The van der Waals surface area contributed by atoms with E-state index in [1.165, 1.54) is 56.1 Å². The molecule has 24 heavy (non-hydrogen) atoms. The molecule has 0 aromatic heterocycles. The van der Waals surface area contributed by atoms with Gasteiger partial charge in [0.1, 0.15) is 5.75 Å². The Bertz CT molecular complexity index is 602. The van der Waals surface area contributed by atoms with Crippen LogP contribution in [0.15, 0.2) is 48.5 Å². The molecule has 0 aliphatic heterocycles.